The van der Waals surface area contributed by atoms with Gasteiger partial charge in [0.05, 0.1) is 10.6 Å². The van der Waals surface area contributed by atoms with Crippen molar-refractivity contribution in [2.24, 2.45) is 0 Å². The largest absolute Gasteiger partial charge is 0.419 e. The number of cyclic esters (lactones) is 2. The van der Waals surface area contributed by atoms with Crippen LogP contribution in [0.3, 0.4) is 0 Å². The van der Waals surface area contributed by atoms with Crippen LogP contribution in [-0.2, 0) is 19.1 Å². The Labute approximate surface area is 145 Å². The minimum Gasteiger partial charge on any atom is -0.419 e. The van der Waals surface area contributed by atoms with Crippen LogP contribution in [0.15, 0.2) is 23.9 Å². The third-order valence-electron chi connectivity index (χ3n) is 2.96. The number of anilines is 1. The summed E-state index contributed by atoms with van der Waals surface area (Å²) in [5.74, 6) is -2.90. The number of ether oxygens (including phenoxy) is 2. The Hall–Kier alpha value is -2.17. The third-order valence-corrected chi connectivity index (χ3v) is 3.81. The summed E-state index contributed by atoms with van der Waals surface area (Å²) in [5.41, 5.74) is 0.827. The summed E-state index contributed by atoms with van der Waals surface area (Å²) in [6.45, 7) is 4.59. The average Bonchev–Trinajstić information content (AvgIpc) is 2.38. The highest BCUT2D eigenvalue weighted by molar-refractivity contribution is 14.1. The van der Waals surface area contributed by atoms with E-state index in [1.165, 1.54) is 32.2 Å². The van der Waals surface area contributed by atoms with Gasteiger partial charge in [0.1, 0.15) is 0 Å². The molecule has 0 saturated carbocycles. The molecule has 1 aliphatic rings. The van der Waals surface area contributed by atoms with Crippen LogP contribution < -0.4 is 5.32 Å². The molecule has 1 aromatic carbocycles. The number of benzene rings is 1. The van der Waals surface area contributed by atoms with Gasteiger partial charge in [0, 0.05) is 35.8 Å². The first-order valence-corrected chi connectivity index (χ1v) is 7.56. The van der Waals surface area contributed by atoms with Gasteiger partial charge in [-0.25, -0.2) is 9.59 Å². The summed E-state index contributed by atoms with van der Waals surface area (Å²) in [5, 5.41) is 13.6. The van der Waals surface area contributed by atoms with Crippen LogP contribution in [-0.4, -0.2) is 22.6 Å². The number of aryl methyl sites for hydroxylation is 1. The number of carbonyl (C=O) groups is 2. The zero-order chi connectivity index (χ0) is 17.4. The molecule has 0 aromatic heterocycles. The Morgan fingerprint density at radius 1 is 1.26 bits per heavy atom. The number of nitro groups is 1. The standard InChI is InChI=1S/C14H13IN2O6/c1-7-4-8(17(20)21)5-10(15)11(7)16-6-9-12(18)22-14(2,3)23-13(9)19/h4-6,16H,1-3H3. The van der Waals surface area contributed by atoms with Crippen LogP contribution in [0.2, 0.25) is 0 Å². The van der Waals surface area contributed by atoms with Crippen LogP contribution in [0.5, 0.6) is 0 Å². The van der Waals surface area contributed by atoms with Crippen molar-refractivity contribution in [3.63, 3.8) is 0 Å². The Kier molecular flexibility index (Phi) is 4.59. The number of nitrogens with zero attached hydrogens (tertiary/aromatic N) is 1. The second kappa shape index (κ2) is 6.14. The van der Waals surface area contributed by atoms with E-state index >= 15 is 0 Å². The molecule has 0 bridgehead atoms. The number of nitro benzene ring substituents is 1. The maximum atomic E-state index is 11.8. The molecular formula is C14H13IN2O6. The highest BCUT2D eigenvalue weighted by Gasteiger charge is 2.39. The van der Waals surface area contributed by atoms with Crippen molar-refractivity contribution in [1.82, 2.24) is 0 Å². The normalized spacial score (nSPS) is 16.4. The van der Waals surface area contributed by atoms with Gasteiger partial charge in [-0.05, 0) is 35.1 Å². The number of hydrogen-bond acceptors (Lipinski definition) is 7. The number of hydrogen-bond donors (Lipinski definition) is 1. The zero-order valence-corrected chi connectivity index (χ0v) is 14.7. The fraction of sp³-hybridized carbons (Fsp3) is 0.286. The van der Waals surface area contributed by atoms with Gasteiger partial charge in [0.15, 0.2) is 5.57 Å². The molecule has 0 atom stereocenters. The average molecular weight is 432 g/mol. The van der Waals surface area contributed by atoms with Gasteiger partial charge in [-0.2, -0.15) is 0 Å². The van der Waals surface area contributed by atoms with Crippen molar-refractivity contribution in [2.45, 2.75) is 26.6 Å². The predicted molar refractivity (Wildman–Crippen MR) is 88.5 cm³/mol. The lowest BCUT2D eigenvalue weighted by Gasteiger charge is -2.29. The quantitative estimate of drug-likeness (QED) is 0.195. The van der Waals surface area contributed by atoms with Gasteiger partial charge in [-0.1, -0.05) is 0 Å². The number of rotatable bonds is 3. The van der Waals surface area contributed by atoms with Crippen molar-refractivity contribution >= 4 is 45.9 Å². The van der Waals surface area contributed by atoms with Gasteiger partial charge in [-0.15, -0.1) is 0 Å². The van der Waals surface area contributed by atoms with E-state index < -0.39 is 22.6 Å². The highest BCUT2D eigenvalue weighted by Crippen LogP contribution is 2.29. The molecular weight excluding hydrogens is 419 g/mol. The topological polar surface area (TPSA) is 108 Å². The monoisotopic (exact) mass is 432 g/mol. The summed E-state index contributed by atoms with van der Waals surface area (Å²) in [6.07, 6.45) is 1.18. The molecule has 1 aliphatic heterocycles. The molecule has 1 saturated heterocycles. The minimum atomic E-state index is -1.30. The highest BCUT2D eigenvalue weighted by atomic mass is 127. The van der Waals surface area contributed by atoms with E-state index in [0.29, 0.717) is 14.8 Å². The smallest absolute Gasteiger partial charge is 0.350 e. The SMILES string of the molecule is Cc1cc([N+](=O)[O-])cc(I)c1NC=C1C(=O)OC(C)(C)OC1=O. The van der Waals surface area contributed by atoms with E-state index in [9.17, 15) is 19.7 Å². The van der Waals surface area contributed by atoms with Crippen molar-refractivity contribution in [2.75, 3.05) is 5.32 Å². The number of carbonyl (C=O) groups excluding carboxylic acids is 2. The molecule has 1 N–H and O–H groups in total. The van der Waals surface area contributed by atoms with Crippen LogP contribution in [0, 0.1) is 20.6 Å². The first-order valence-electron chi connectivity index (χ1n) is 6.48. The summed E-state index contributed by atoms with van der Waals surface area (Å²) >= 11 is 1.93. The van der Waals surface area contributed by atoms with Gasteiger partial charge in [-0.3, -0.25) is 10.1 Å². The van der Waals surface area contributed by atoms with Gasteiger partial charge in [0.2, 0.25) is 0 Å². The first kappa shape index (κ1) is 17.2. The lowest BCUT2D eigenvalue weighted by atomic mass is 10.1. The lowest BCUT2D eigenvalue weighted by Crippen LogP contribution is -2.42. The van der Waals surface area contributed by atoms with E-state index in [-0.39, 0.29) is 11.3 Å². The van der Waals surface area contributed by atoms with Gasteiger partial charge < -0.3 is 14.8 Å². The summed E-state index contributed by atoms with van der Waals surface area (Å²) in [7, 11) is 0. The van der Waals surface area contributed by atoms with E-state index in [2.05, 4.69) is 5.32 Å². The Bertz CT molecular complexity index is 696. The van der Waals surface area contributed by atoms with E-state index in [1.54, 1.807) is 6.92 Å². The second-order valence-electron chi connectivity index (χ2n) is 5.26. The van der Waals surface area contributed by atoms with Crippen molar-refractivity contribution in [3.05, 3.63) is 43.2 Å². The van der Waals surface area contributed by atoms with Crippen molar-refractivity contribution < 1.29 is 24.0 Å². The Balaban J connectivity index is 2.28. The van der Waals surface area contributed by atoms with E-state index in [4.69, 9.17) is 9.47 Å². The second-order valence-corrected chi connectivity index (χ2v) is 6.42. The number of non-ortho nitro benzene ring substituents is 1. The van der Waals surface area contributed by atoms with Gasteiger partial charge >= 0.3 is 11.9 Å². The van der Waals surface area contributed by atoms with Crippen LogP contribution >= 0.6 is 22.6 Å². The maximum absolute atomic E-state index is 11.8. The lowest BCUT2D eigenvalue weighted by molar-refractivity contribution is -0.385. The molecule has 0 amide bonds. The fourth-order valence-corrected chi connectivity index (χ4v) is 2.84. The Morgan fingerprint density at radius 3 is 2.30 bits per heavy atom. The Morgan fingerprint density at radius 2 is 1.83 bits per heavy atom. The maximum Gasteiger partial charge on any atom is 0.350 e. The van der Waals surface area contributed by atoms with Crippen LogP contribution in [0.4, 0.5) is 11.4 Å². The fourth-order valence-electron chi connectivity index (χ4n) is 1.94. The minimum absolute atomic E-state index is 0.0386. The van der Waals surface area contributed by atoms with Crippen molar-refractivity contribution in [3.8, 4) is 0 Å². The summed E-state index contributed by atoms with van der Waals surface area (Å²) in [4.78, 5) is 34.0. The van der Waals surface area contributed by atoms with Crippen LogP contribution in [0.1, 0.15) is 19.4 Å². The third kappa shape index (κ3) is 3.78. The number of nitrogens with one attached hydrogen (secondary N) is 1. The zero-order valence-electron chi connectivity index (χ0n) is 12.5. The molecule has 8 nitrogen and oxygen atoms in total. The molecule has 0 radical (unpaired) electrons. The van der Waals surface area contributed by atoms with E-state index in [0.717, 1.165) is 0 Å². The summed E-state index contributed by atoms with van der Waals surface area (Å²) in [6, 6.07) is 2.78. The predicted octanol–water partition coefficient (Wildman–Crippen LogP) is 2.64. The molecule has 0 unspecified atom stereocenters. The summed E-state index contributed by atoms with van der Waals surface area (Å²) < 4.78 is 10.5. The molecule has 0 spiro atoms. The molecule has 1 aromatic rings. The van der Waals surface area contributed by atoms with Gasteiger partial charge in [0.25, 0.3) is 11.5 Å². The molecule has 0 aliphatic carbocycles. The number of esters is 2. The van der Waals surface area contributed by atoms with Crippen LogP contribution in [0.25, 0.3) is 0 Å². The molecule has 122 valence electrons. The molecule has 1 heterocycles. The van der Waals surface area contributed by atoms with E-state index in [1.807, 2.05) is 22.6 Å². The number of halogens is 1. The molecule has 23 heavy (non-hydrogen) atoms. The van der Waals surface area contributed by atoms with Crippen molar-refractivity contribution in [1.29, 1.82) is 0 Å². The molecule has 2 rings (SSSR count). The first-order chi connectivity index (χ1) is 10.6. The molecule has 9 heteroatoms. The molecule has 1 fully saturated rings.